The fourth-order valence-electron chi connectivity index (χ4n) is 2.87. The molecule has 1 aliphatic rings. The van der Waals surface area contributed by atoms with Crippen LogP contribution in [0.4, 0.5) is 0 Å². The van der Waals surface area contributed by atoms with Crippen molar-refractivity contribution in [3.05, 3.63) is 29.8 Å². The lowest BCUT2D eigenvalue weighted by Gasteiger charge is -2.51. The molecule has 0 aromatic heterocycles. The van der Waals surface area contributed by atoms with Gasteiger partial charge in [-0.3, -0.25) is 0 Å². The van der Waals surface area contributed by atoms with Gasteiger partial charge < -0.3 is 10.1 Å². The predicted molar refractivity (Wildman–Crippen MR) is 80.7 cm³/mol. The largest absolute Gasteiger partial charge is 0.490 e. The molecule has 2 atom stereocenters. The fourth-order valence-corrected chi connectivity index (χ4v) is 2.87. The zero-order valence-corrected chi connectivity index (χ0v) is 12.7. The molecule has 0 heterocycles. The topological polar surface area (TPSA) is 21.3 Å². The molecule has 1 aliphatic carbocycles. The summed E-state index contributed by atoms with van der Waals surface area (Å²) in [5.74, 6) is 1.01. The lowest BCUT2D eigenvalue weighted by Crippen LogP contribution is -2.62. The highest BCUT2D eigenvalue weighted by Crippen LogP contribution is 2.43. The molecule has 0 amide bonds. The zero-order valence-electron chi connectivity index (χ0n) is 12.7. The summed E-state index contributed by atoms with van der Waals surface area (Å²) in [6.45, 7) is 9.99. The number of hydrogen-bond acceptors (Lipinski definition) is 2. The third kappa shape index (κ3) is 3.11. The smallest absolute Gasteiger partial charge is 0.119 e. The fraction of sp³-hybridized carbons (Fsp3) is 0.647. The molecule has 106 valence electrons. The van der Waals surface area contributed by atoms with Crippen LogP contribution in [0.15, 0.2) is 24.3 Å². The van der Waals surface area contributed by atoms with E-state index in [1.807, 2.05) is 0 Å². The van der Waals surface area contributed by atoms with Gasteiger partial charge in [-0.05, 0) is 30.7 Å². The van der Waals surface area contributed by atoms with Gasteiger partial charge in [0.05, 0.1) is 0 Å². The number of hydrogen-bond donors (Lipinski definition) is 1. The van der Waals surface area contributed by atoms with Crippen molar-refractivity contribution in [3.8, 4) is 5.75 Å². The maximum absolute atomic E-state index is 6.14. The van der Waals surface area contributed by atoms with Crippen LogP contribution in [0.25, 0.3) is 0 Å². The molecule has 2 heteroatoms. The molecule has 0 saturated heterocycles. The quantitative estimate of drug-likeness (QED) is 0.841. The second-order valence-corrected chi connectivity index (χ2v) is 6.17. The molecule has 2 rings (SSSR count). The summed E-state index contributed by atoms with van der Waals surface area (Å²) in [4.78, 5) is 0. The van der Waals surface area contributed by atoms with E-state index in [1.54, 1.807) is 0 Å². The van der Waals surface area contributed by atoms with Gasteiger partial charge in [0.25, 0.3) is 0 Å². The Labute approximate surface area is 117 Å². The number of nitrogens with one attached hydrogen (secondary N) is 1. The molecule has 2 nitrogen and oxygen atoms in total. The monoisotopic (exact) mass is 261 g/mol. The minimum atomic E-state index is 0.220. The first-order valence-corrected chi connectivity index (χ1v) is 7.57. The number of rotatable bonds is 6. The van der Waals surface area contributed by atoms with Gasteiger partial charge in [-0.2, -0.15) is 0 Å². The van der Waals surface area contributed by atoms with Crippen LogP contribution in [0.2, 0.25) is 0 Å². The molecule has 0 aliphatic heterocycles. The molecule has 2 unspecified atom stereocenters. The van der Waals surface area contributed by atoms with Gasteiger partial charge in [0.2, 0.25) is 0 Å². The van der Waals surface area contributed by atoms with Crippen molar-refractivity contribution in [2.45, 2.75) is 59.1 Å². The average molecular weight is 261 g/mol. The van der Waals surface area contributed by atoms with E-state index in [4.69, 9.17) is 4.74 Å². The molecular weight excluding hydrogens is 234 g/mol. The highest BCUT2D eigenvalue weighted by molar-refractivity contribution is 5.28. The third-order valence-electron chi connectivity index (χ3n) is 4.37. The van der Waals surface area contributed by atoms with Crippen molar-refractivity contribution >= 4 is 0 Å². The van der Waals surface area contributed by atoms with Crippen LogP contribution in [-0.4, -0.2) is 18.7 Å². The van der Waals surface area contributed by atoms with E-state index < -0.39 is 0 Å². The van der Waals surface area contributed by atoms with Crippen LogP contribution < -0.4 is 10.1 Å². The van der Waals surface area contributed by atoms with Gasteiger partial charge in [0, 0.05) is 17.9 Å². The Balaban J connectivity index is 1.92. The Kier molecular flexibility index (Phi) is 4.51. The Hall–Kier alpha value is -1.02. The average Bonchev–Trinajstić information content (AvgIpc) is 2.40. The van der Waals surface area contributed by atoms with Crippen LogP contribution >= 0.6 is 0 Å². The number of aryl methyl sites for hydroxylation is 1. The maximum Gasteiger partial charge on any atom is 0.119 e. The van der Waals surface area contributed by atoms with Gasteiger partial charge in [-0.1, -0.05) is 46.2 Å². The molecule has 1 saturated carbocycles. The van der Waals surface area contributed by atoms with E-state index in [2.05, 4.69) is 57.3 Å². The minimum absolute atomic E-state index is 0.220. The van der Waals surface area contributed by atoms with Gasteiger partial charge in [-0.25, -0.2) is 0 Å². The van der Waals surface area contributed by atoms with E-state index in [9.17, 15) is 0 Å². The van der Waals surface area contributed by atoms with Crippen molar-refractivity contribution < 1.29 is 4.74 Å². The van der Waals surface area contributed by atoms with Crippen molar-refractivity contribution in [1.82, 2.24) is 5.32 Å². The first kappa shape index (κ1) is 14.4. The van der Waals surface area contributed by atoms with Crippen LogP contribution in [0, 0.1) is 5.41 Å². The Morgan fingerprint density at radius 3 is 2.42 bits per heavy atom. The Morgan fingerprint density at radius 2 is 1.89 bits per heavy atom. The zero-order chi connectivity index (χ0) is 13.9. The second-order valence-electron chi connectivity index (χ2n) is 6.17. The van der Waals surface area contributed by atoms with E-state index >= 15 is 0 Å². The van der Waals surface area contributed by atoms with Crippen molar-refractivity contribution in [3.63, 3.8) is 0 Å². The third-order valence-corrected chi connectivity index (χ3v) is 4.37. The highest BCUT2D eigenvalue weighted by Gasteiger charge is 2.49. The molecule has 0 bridgehead atoms. The summed E-state index contributed by atoms with van der Waals surface area (Å²) in [7, 11) is 0. The molecule has 1 aromatic rings. The van der Waals surface area contributed by atoms with E-state index in [-0.39, 0.29) is 5.41 Å². The molecule has 0 radical (unpaired) electrons. The van der Waals surface area contributed by atoms with Gasteiger partial charge in [-0.15, -0.1) is 0 Å². The van der Waals surface area contributed by atoms with Crippen LogP contribution in [-0.2, 0) is 6.42 Å². The molecule has 19 heavy (non-hydrogen) atoms. The molecule has 0 spiro atoms. The summed E-state index contributed by atoms with van der Waals surface area (Å²) in [5.41, 5.74) is 1.62. The molecule has 1 N–H and O–H groups in total. The summed E-state index contributed by atoms with van der Waals surface area (Å²) in [6, 6.07) is 9.18. The van der Waals surface area contributed by atoms with Gasteiger partial charge in [0.15, 0.2) is 0 Å². The first-order chi connectivity index (χ1) is 9.07. The summed E-state index contributed by atoms with van der Waals surface area (Å²) < 4.78 is 6.14. The SMILES string of the molecule is CCCc1ccc(OC2CC(NCC)C2(C)C)cc1. The maximum atomic E-state index is 6.14. The lowest BCUT2D eigenvalue weighted by atomic mass is 9.64. The second kappa shape index (κ2) is 5.96. The Bertz CT molecular complexity index is 396. The normalized spacial score (nSPS) is 24.8. The van der Waals surface area contributed by atoms with Crippen LogP contribution in [0.3, 0.4) is 0 Å². The summed E-state index contributed by atoms with van der Waals surface area (Å²) in [6.07, 6.45) is 3.78. The molecule has 1 aromatic carbocycles. The number of ether oxygens (including phenoxy) is 1. The van der Waals surface area contributed by atoms with Crippen molar-refractivity contribution in [2.24, 2.45) is 5.41 Å². The summed E-state index contributed by atoms with van der Waals surface area (Å²) in [5, 5.41) is 3.53. The van der Waals surface area contributed by atoms with Crippen molar-refractivity contribution in [2.75, 3.05) is 6.54 Å². The van der Waals surface area contributed by atoms with E-state index in [0.29, 0.717) is 12.1 Å². The summed E-state index contributed by atoms with van der Waals surface area (Å²) >= 11 is 0. The van der Waals surface area contributed by atoms with Gasteiger partial charge >= 0.3 is 0 Å². The highest BCUT2D eigenvalue weighted by atomic mass is 16.5. The Morgan fingerprint density at radius 1 is 1.21 bits per heavy atom. The van der Waals surface area contributed by atoms with Crippen molar-refractivity contribution in [1.29, 1.82) is 0 Å². The van der Waals surface area contributed by atoms with Crippen LogP contribution in [0.5, 0.6) is 5.75 Å². The van der Waals surface area contributed by atoms with Crippen LogP contribution in [0.1, 0.15) is 46.1 Å². The predicted octanol–water partition coefficient (Wildman–Crippen LogP) is 3.79. The molecular formula is C17H27NO. The molecule has 1 fully saturated rings. The van der Waals surface area contributed by atoms with E-state index in [1.165, 1.54) is 12.0 Å². The first-order valence-electron chi connectivity index (χ1n) is 7.57. The lowest BCUT2D eigenvalue weighted by molar-refractivity contribution is -0.0541. The minimum Gasteiger partial charge on any atom is -0.490 e. The van der Waals surface area contributed by atoms with E-state index in [0.717, 1.165) is 25.1 Å². The number of benzene rings is 1. The standard InChI is InChI=1S/C17H27NO/c1-5-7-13-8-10-14(11-9-13)19-16-12-15(18-6-2)17(16,3)4/h8-11,15-16,18H,5-7,12H2,1-4H3. The van der Waals surface area contributed by atoms with Gasteiger partial charge in [0.1, 0.15) is 11.9 Å².